The number of rotatable bonds is 0. The van der Waals surface area contributed by atoms with Gasteiger partial charge in [0.2, 0.25) is 0 Å². The van der Waals surface area contributed by atoms with Crippen LogP contribution in [0.25, 0.3) is 0 Å². The van der Waals surface area contributed by atoms with Gasteiger partial charge < -0.3 is 8.17 Å². The van der Waals surface area contributed by atoms with Crippen LogP contribution in [0.1, 0.15) is 2.85 Å². The molecule has 0 aromatic carbocycles. The van der Waals surface area contributed by atoms with Crippen molar-refractivity contribution >= 4 is 6.34 Å². The zero-order valence-corrected chi connectivity index (χ0v) is 8.94. The molecule has 1 rings (SSSR count). The van der Waals surface area contributed by atoms with E-state index < -0.39 is 0 Å². The van der Waals surface area contributed by atoms with Gasteiger partial charge in [-0.1, -0.05) is 0 Å². The summed E-state index contributed by atoms with van der Waals surface area (Å²) < 4.78 is 0. The van der Waals surface area contributed by atoms with Gasteiger partial charge in [0, 0.05) is 6.54 Å². The Kier molecular flexibility index (Phi) is 12.0. The fourth-order valence-corrected chi connectivity index (χ4v) is 0.323. The van der Waals surface area contributed by atoms with E-state index in [1.54, 1.807) is 6.34 Å². The van der Waals surface area contributed by atoms with Gasteiger partial charge in [-0.2, -0.15) is 0 Å². The number of nitrogens with zero attached hydrogens (tertiary/aromatic N) is 1. The first-order chi connectivity index (χ1) is 2.50. The van der Waals surface area contributed by atoms with E-state index in [1.165, 1.54) is 0 Å². The quantitative estimate of drug-likeness (QED) is 0.314. The van der Waals surface area contributed by atoms with E-state index in [0.29, 0.717) is 0 Å². The third-order valence-electron chi connectivity index (χ3n) is 0.568. The minimum atomic E-state index is 0. The van der Waals surface area contributed by atoms with Crippen LogP contribution >= 0.6 is 0 Å². The molecule has 0 bridgehead atoms. The van der Waals surface area contributed by atoms with Crippen LogP contribution < -0.4 is 64.4 Å². The van der Waals surface area contributed by atoms with Crippen molar-refractivity contribution < 1.29 is 62.0 Å². The predicted molar refractivity (Wildman–Crippen MR) is 23.6 cm³/mol. The van der Waals surface area contributed by atoms with Crippen molar-refractivity contribution in [2.75, 3.05) is 13.1 Å². The normalized spacial score (nSPS) is 13.7. The largest absolute Gasteiger partial charge is 1.00 e. The topological polar surface area (TPSA) is 24.4 Å². The Morgan fingerprint density at radius 2 is 2.29 bits per heavy atom. The van der Waals surface area contributed by atoms with Gasteiger partial charge in [0.25, 0.3) is 0 Å². The Balaban J connectivity index is -0.0000000312. The first-order valence-corrected chi connectivity index (χ1v) is 1.72. The molecule has 2 nitrogen and oxygen atoms in total. The maximum absolute atomic E-state index is 3.85. The summed E-state index contributed by atoms with van der Waals surface area (Å²) in [5.41, 5.74) is 0. The standard InChI is InChI=1S/C3H6N2.2Na.2H/c1-2-5-3-4-1;;;;/h3H,1-2H2,(H,4,5);;;;/q;2*+1;2*-1. The minimum Gasteiger partial charge on any atom is -1.00 e. The molecule has 0 atom stereocenters. The molecule has 0 aromatic heterocycles. The van der Waals surface area contributed by atoms with Gasteiger partial charge in [0.05, 0.1) is 12.9 Å². The first-order valence-electron chi connectivity index (χ1n) is 1.72. The third-order valence-corrected chi connectivity index (χ3v) is 0.568. The molecule has 0 fully saturated rings. The molecular formula is C3H8N2Na2. The Bertz CT molecular complexity index is 55.8. The van der Waals surface area contributed by atoms with Gasteiger partial charge in [-0.25, -0.2) is 0 Å². The Morgan fingerprint density at radius 1 is 1.57 bits per heavy atom. The van der Waals surface area contributed by atoms with Gasteiger partial charge in [-0.15, -0.1) is 0 Å². The molecule has 1 N–H and O–H groups in total. The van der Waals surface area contributed by atoms with E-state index in [-0.39, 0.29) is 62.0 Å². The smallest absolute Gasteiger partial charge is 1.00 e. The number of aliphatic imine (C=N–C) groups is 1. The molecule has 0 amide bonds. The molecule has 7 heavy (non-hydrogen) atoms. The van der Waals surface area contributed by atoms with E-state index in [9.17, 15) is 0 Å². The second-order valence-corrected chi connectivity index (χ2v) is 0.989. The molecule has 0 aliphatic carbocycles. The van der Waals surface area contributed by atoms with E-state index in [1.807, 2.05) is 0 Å². The average molecular weight is 118 g/mol. The van der Waals surface area contributed by atoms with Crippen molar-refractivity contribution in [3.63, 3.8) is 0 Å². The van der Waals surface area contributed by atoms with E-state index >= 15 is 0 Å². The second kappa shape index (κ2) is 7.47. The van der Waals surface area contributed by atoms with Crippen LogP contribution in [0.4, 0.5) is 0 Å². The monoisotopic (exact) mass is 118 g/mol. The molecule has 0 saturated heterocycles. The number of hydrogen-bond donors (Lipinski definition) is 1. The molecule has 32 valence electrons. The molecule has 0 radical (unpaired) electrons. The van der Waals surface area contributed by atoms with Gasteiger partial charge in [-0.3, -0.25) is 4.99 Å². The Labute approximate surface area is 90.7 Å². The summed E-state index contributed by atoms with van der Waals surface area (Å²) in [6.45, 7) is 1.99. The molecule has 1 aliphatic rings. The Hall–Kier alpha value is 1.47. The third kappa shape index (κ3) is 5.34. The van der Waals surface area contributed by atoms with Crippen molar-refractivity contribution in [2.45, 2.75) is 0 Å². The van der Waals surface area contributed by atoms with Gasteiger partial charge >= 0.3 is 59.1 Å². The van der Waals surface area contributed by atoms with Crippen molar-refractivity contribution in [3.8, 4) is 0 Å². The SMILES string of the molecule is C1=NCCN1.[H-].[H-].[Na+].[Na+]. The van der Waals surface area contributed by atoms with Crippen molar-refractivity contribution in [1.29, 1.82) is 0 Å². The first kappa shape index (κ1) is 11.3. The van der Waals surface area contributed by atoms with E-state index in [0.717, 1.165) is 13.1 Å². The molecule has 0 saturated carbocycles. The molecular weight excluding hydrogens is 110 g/mol. The van der Waals surface area contributed by atoms with Gasteiger partial charge in [0.15, 0.2) is 0 Å². The summed E-state index contributed by atoms with van der Waals surface area (Å²) in [5, 5.41) is 2.93. The molecule has 1 aliphatic heterocycles. The van der Waals surface area contributed by atoms with Crippen LogP contribution in [0.3, 0.4) is 0 Å². The summed E-state index contributed by atoms with van der Waals surface area (Å²) in [5.74, 6) is 0. The summed E-state index contributed by atoms with van der Waals surface area (Å²) in [7, 11) is 0. The van der Waals surface area contributed by atoms with Crippen LogP contribution in [0.5, 0.6) is 0 Å². The fourth-order valence-electron chi connectivity index (χ4n) is 0.323. The van der Waals surface area contributed by atoms with Crippen molar-refractivity contribution in [1.82, 2.24) is 5.32 Å². The minimum absolute atomic E-state index is 0. The molecule has 0 aromatic rings. The average Bonchev–Trinajstić information content (AvgIpc) is 1.76. The summed E-state index contributed by atoms with van der Waals surface area (Å²) >= 11 is 0. The Morgan fingerprint density at radius 3 is 2.43 bits per heavy atom. The van der Waals surface area contributed by atoms with Crippen LogP contribution in [-0.2, 0) is 0 Å². The van der Waals surface area contributed by atoms with Crippen LogP contribution in [-0.4, -0.2) is 19.4 Å². The zero-order valence-electron chi connectivity index (χ0n) is 6.94. The predicted octanol–water partition coefficient (Wildman–Crippen LogP) is -6.15. The van der Waals surface area contributed by atoms with Crippen molar-refractivity contribution in [2.24, 2.45) is 4.99 Å². The van der Waals surface area contributed by atoms with Crippen LogP contribution in [0.15, 0.2) is 4.99 Å². The summed E-state index contributed by atoms with van der Waals surface area (Å²) in [6.07, 6.45) is 1.74. The summed E-state index contributed by atoms with van der Waals surface area (Å²) in [6, 6.07) is 0. The summed E-state index contributed by atoms with van der Waals surface area (Å²) in [4.78, 5) is 3.85. The zero-order chi connectivity index (χ0) is 3.54. The number of nitrogens with one attached hydrogen (secondary N) is 1. The van der Waals surface area contributed by atoms with E-state index in [2.05, 4.69) is 10.3 Å². The van der Waals surface area contributed by atoms with E-state index in [4.69, 9.17) is 0 Å². The fraction of sp³-hybridized carbons (Fsp3) is 0.667. The van der Waals surface area contributed by atoms with Gasteiger partial charge in [0.1, 0.15) is 0 Å². The van der Waals surface area contributed by atoms with Gasteiger partial charge in [-0.05, 0) is 0 Å². The van der Waals surface area contributed by atoms with Crippen molar-refractivity contribution in [3.05, 3.63) is 0 Å². The molecule has 4 heteroatoms. The molecule has 0 unspecified atom stereocenters. The molecule has 0 spiro atoms. The second-order valence-electron chi connectivity index (χ2n) is 0.989. The van der Waals surface area contributed by atoms with Crippen LogP contribution in [0.2, 0.25) is 0 Å². The van der Waals surface area contributed by atoms with Crippen LogP contribution in [0, 0.1) is 0 Å². The number of hydrogen-bond acceptors (Lipinski definition) is 2. The maximum Gasteiger partial charge on any atom is 1.00 e. The molecule has 1 heterocycles. The maximum atomic E-state index is 3.85.